The second-order valence-corrected chi connectivity index (χ2v) is 7.13. The number of ether oxygens (including phenoxy) is 1. The molecule has 1 aliphatic heterocycles. The van der Waals surface area contributed by atoms with Gasteiger partial charge in [-0.1, -0.05) is 67.1 Å². The molecule has 2 aromatic carbocycles. The Morgan fingerprint density at radius 3 is 2.26 bits per heavy atom. The molecule has 4 heteroatoms. The quantitative estimate of drug-likeness (QED) is 0.791. The molecule has 1 aliphatic rings. The first-order valence-electron chi connectivity index (χ1n) is 9.77. The van der Waals surface area contributed by atoms with Crippen molar-refractivity contribution in [2.45, 2.75) is 50.6 Å². The van der Waals surface area contributed by atoms with Crippen molar-refractivity contribution in [3.8, 4) is 0 Å². The van der Waals surface area contributed by atoms with E-state index in [1.165, 1.54) is 25.5 Å². The summed E-state index contributed by atoms with van der Waals surface area (Å²) in [5.74, 6) is -0.322. The van der Waals surface area contributed by atoms with Gasteiger partial charge in [-0.25, -0.2) is 0 Å². The summed E-state index contributed by atoms with van der Waals surface area (Å²) in [7, 11) is 1.46. The van der Waals surface area contributed by atoms with E-state index in [1.54, 1.807) is 0 Å². The molecule has 0 aliphatic carbocycles. The highest BCUT2D eigenvalue weighted by atomic mass is 16.5. The van der Waals surface area contributed by atoms with Crippen molar-refractivity contribution in [2.75, 3.05) is 13.7 Å². The number of hydrogen-bond donors (Lipinski definition) is 2. The summed E-state index contributed by atoms with van der Waals surface area (Å²) in [4.78, 5) is 11.9. The molecule has 0 amide bonds. The Morgan fingerprint density at radius 1 is 1.11 bits per heavy atom. The standard InChI is InChI=1S/C14H19NO2.C9H13N/c1-17-14(16)13(11-7-3-2-4-8-11)12-9-5-6-10-15-12;1-8(10)7-9-5-3-2-4-6-9/h2-4,7-8,12-13,15H,5-6,9-10H2,1H3;2-6,8H,7,10H2,1H3/t;8-/m.0/s1. The third-order valence-electron chi connectivity index (χ3n) is 4.77. The number of rotatable bonds is 5. The molecule has 3 atom stereocenters. The van der Waals surface area contributed by atoms with Crippen LogP contribution in [0.15, 0.2) is 60.7 Å². The summed E-state index contributed by atoms with van der Waals surface area (Å²) < 4.78 is 4.94. The molecule has 0 spiro atoms. The molecule has 0 bridgehead atoms. The zero-order valence-corrected chi connectivity index (χ0v) is 16.4. The lowest BCUT2D eigenvalue weighted by atomic mass is 9.86. The highest BCUT2D eigenvalue weighted by molar-refractivity contribution is 5.79. The van der Waals surface area contributed by atoms with Crippen LogP contribution in [0, 0.1) is 0 Å². The zero-order chi connectivity index (χ0) is 19.5. The third-order valence-corrected chi connectivity index (χ3v) is 4.77. The number of nitrogens with one attached hydrogen (secondary N) is 1. The fraction of sp³-hybridized carbons (Fsp3) is 0.435. The van der Waals surface area contributed by atoms with Gasteiger partial charge in [0.05, 0.1) is 13.0 Å². The topological polar surface area (TPSA) is 64.3 Å². The van der Waals surface area contributed by atoms with Crippen LogP contribution in [-0.4, -0.2) is 31.7 Å². The second kappa shape index (κ2) is 11.5. The number of nitrogens with two attached hydrogens (primary N) is 1. The van der Waals surface area contributed by atoms with Gasteiger partial charge in [0.25, 0.3) is 0 Å². The molecule has 3 rings (SSSR count). The molecule has 1 saturated heterocycles. The van der Waals surface area contributed by atoms with E-state index in [1.807, 2.05) is 55.5 Å². The molecule has 4 nitrogen and oxygen atoms in total. The van der Waals surface area contributed by atoms with Gasteiger partial charge in [-0.05, 0) is 43.9 Å². The highest BCUT2D eigenvalue weighted by Crippen LogP contribution is 2.26. The first-order valence-corrected chi connectivity index (χ1v) is 9.77. The number of carbonyl (C=O) groups excluding carboxylic acids is 1. The number of hydrogen-bond acceptors (Lipinski definition) is 4. The summed E-state index contributed by atoms with van der Waals surface area (Å²) in [5, 5.41) is 3.43. The van der Waals surface area contributed by atoms with Gasteiger partial charge in [0.1, 0.15) is 0 Å². The average molecular weight is 369 g/mol. The normalized spacial score (nSPS) is 18.6. The first-order chi connectivity index (χ1) is 13.1. The van der Waals surface area contributed by atoms with Crippen LogP contribution in [0.1, 0.15) is 43.2 Å². The first kappa shape index (κ1) is 21.1. The summed E-state index contributed by atoms with van der Waals surface area (Å²) in [6.07, 6.45) is 4.38. The van der Waals surface area contributed by atoms with Crippen LogP contribution < -0.4 is 11.1 Å². The van der Waals surface area contributed by atoms with E-state index in [4.69, 9.17) is 10.5 Å². The summed E-state index contributed by atoms with van der Waals surface area (Å²) in [5.41, 5.74) is 7.98. The average Bonchev–Trinajstić information content (AvgIpc) is 2.70. The third kappa shape index (κ3) is 7.16. The van der Waals surface area contributed by atoms with Gasteiger partial charge in [0.2, 0.25) is 0 Å². The van der Waals surface area contributed by atoms with Crippen LogP contribution in [0.2, 0.25) is 0 Å². The van der Waals surface area contributed by atoms with Crippen molar-refractivity contribution in [1.82, 2.24) is 5.32 Å². The minimum Gasteiger partial charge on any atom is -0.469 e. The molecular formula is C23H32N2O2. The molecule has 0 saturated carbocycles. The Labute approximate surface area is 163 Å². The van der Waals surface area contributed by atoms with E-state index < -0.39 is 0 Å². The Morgan fingerprint density at radius 2 is 1.74 bits per heavy atom. The van der Waals surface area contributed by atoms with Gasteiger partial charge in [-0.15, -0.1) is 0 Å². The SMILES string of the molecule is COC(=O)C(c1ccccc1)C1CCCCN1.C[C@H](N)Cc1ccccc1. The van der Waals surface area contributed by atoms with Crippen LogP contribution in [0.4, 0.5) is 0 Å². The largest absolute Gasteiger partial charge is 0.469 e. The number of methoxy groups -OCH3 is 1. The van der Waals surface area contributed by atoms with Gasteiger partial charge in [-0.2, -0.15) is 0 Å². The fourth-order valence-corrected chi connectivity index (χ4v) is 3.47. The number of benzene rings is 2. The summed E-state index contributed by atoms with van der Waals surface area (Å²) in [6, 6.07) is 20.7. The lowest BCUT2D eigenvalue weighted by Crippen LogP contribution is -2.42. The van der Waals surface area contributed by atoms with Crippen LogP contribution in [0.25, 0.3) is 0 Å². The monoisotopic (exact) mass is 368 g/mol. The minimum absolute atomic E-state index is 0.143. The minimum atomic E-state index is -0.179. The molecular weight excluding hydrogens is 336 g/mol. The molecule has 3 N–H and O–H groups in total. The fourth-order valence-electron chi connectivity index (χ4n) is 3.47. The van der Waals surface area contributed by atoms with E-state index in [2.05, 4.69) is 17.4 Å². The maximum absolute atomic E-state index is 11.9. The highest BCUT2D eigenvalue weighted by Gasteiger charge is 2.31. The maximum Gasteiger partial charge on any atom is 0.314 e. The smallest absolute Gasteiger partial charge is 0.314 e. The lowest BCUT2D eigenvalue weighted by Gasteiger charge is -2.29. The molecule has 146 valence electrons. The van der Waals surface area contributed by atoms with E-state index in [0.717, 1.165) is 24.9 Å². The van der Waals surface area contributed by atoms with Gasteiger partial charge in [0, 0.05) is 12.1 Å². The number of piperidine rings is 1. The molecule has 2 aromatic rings. The Balaban J connectivity index is 0.000000223. The van der Waals surface area contributed by atoms with Crippen molar-refractivity contribution < 1.29 is 9.53 Å². The van der Waals surface area contributed by atoms with Crippen LogP contribution in [-0.2, 0) is 16.0 Å². The molecule has 0 radical (unpaired) electrons. The lowest BCUT2D eigenvalue weighted by molar-refractivity contribution is -0.143. The maximum atomic E-state index is 11.9. The zero-order valence-electron chi connectivity index (χ0n) is 16.4. The molecule has 1 fully saturated rings. The molecule has 1 heterocycles. The van der Waals surface area contributed by atoms with Gasteiger partial charge >= 0.3 is 5.97 Å². The van der Waals surface area contributed by atoms with Crippen LogP contribution >= 0.6 is 0 Å². The Bertz CT molecular complexity index is 653. The van der Waals surface area contributed by atoms with Crippen LogP contribution in [0.3, 0.4) is 0 Å². The van der Waals surface area contributed by atoms with E-state index in [0.29, 0.717) is 0 Å². The van der Waals surface area contributed by atoms with Gasteiger partial charge < -0.3 is 15.8 Å². The molecule has 27 heavy (non-hydrogen) atoms. The predicted molar refractivity (Wildman–Crippen MR) is 111 cm³/mol. The van der Waals surface area contributed by atoms with E-state index in [-0.39, 0.29) is 24.0 Å². The Kier molecular flexibility index (Phi) is 9.02. The van der Waals surface area contributed by atoms with Crippen molar-refractivity contribution in [1.29, 1.82) is 0 Å². The van der Waals surface area contributed by atoms with E-state index in [9.17, 15) is 4.79 Å². The summed E-state index contributed by atoms with van der Waals surface area (Å²) >= 11 is 0. The number of esters is 1. The predicted octanol–water partition coefficient (Wildman–Crippen LogP) is 3.66. The summed E-state index contributed by atoms with van der Waals surface area (Å²) in [6.45, 7) is 3.01. The van der Waals surface area contributed by atoms with Gasteiger partial charge in [-0.3, -0.25) is 4.79 Å². The second-order valence-electron chi connectivity index (χ2n) is 7.13. The Hall–Kier alpha value is -2.17. The van der Waals surface area contributed by atoms with Crippen molar-refractivity contribution >= 4 is 5.97 Å². The van der Waals surface area contributed by atoms with Crippen molar-refractivity contribution in [2.24, 2.45) is 5.73 Å². The molecule has 2 unspecified atom stereocenters. The molecule has 0 aromatic heterocycles. The van der Waals surface area contributed by atoms with Crippen molar-refractivity contribution in [3.05, 3.63) is 71.8 Å². The van der Waals surface area contributed by atoms with E-state index >= 15 is 0 Å². The van der Waals surface area contributed by atoms with Crippen LogP contribution in [0.5, 0.6) is 0 Å². The number of carbonyl (C=O) groups is 1. The van der Waals surface area contributed by atoms with Gasteiger partial charge in [0.15, 0.2) is 0 Å². The van der Waals surface area contributed by atoms with Crippen molar-refractivity contribution in [3.63, 3.8) is 0 Å².